The Hall–Kier alpha value is -7.94. The molecule has 0 radical (unpaired) electrons. The quantitative estimate of drug-likeness (QED) is 0.0788. The Kier molecular flexibility index (Phi) is 14.6. The zero-order valence-corrected chi connectivity index (χ0v) is 38.8. The summed E-state index contributed by atoms with van der Waals surface area (Å²) in [6.07, 6.45) is -3.84. The second-order valence-corrected chi connectivity index (χ2v) is 17.4. The summed E-state index contributed by atoms with van der Waals surface area (Å²) >= 11 is 0. The first-order valence-electron chi connectivity index (χ1n) is 23.0. The molecule has 4 amide bonds. The van der Waals surface area contributed by atoms with Crippen LogP contribution in [0.3, 0.4) is 0 Å². The van der Waals surface area contributed by atoms with Gasteiger partial charge in [0.1, 0.15) is 25.4 Å². The van der Waals surface area contributed by atoms with Crippen LogP contribution in [0.5, 0.6) is 11.8 Å². The average Bonchev–Trinajstić information content (AvgIpc) is 4.02. The number of alkyl halides is 6. The standard InChI is InChI=1S/2C24H23F3N6O4/c2*25-24(26,27)15-3-1-2-14(8-15)21-29-10-19-22(31-21)33(17-6-7-32(19)11-17)23(36)30-16-4-5-20(28-9-16)37-13-18(35)12-34/h2*1-5,8-10,17-18,34-35H,6-7,11-13H2,(H,30,36)/t17-,18+;17-,18-/m00/s1. The van der Waals surface area contributed by atoms with Gasteiger partial charge >= 0.3 is 24.4 Å². The number of nitrogens with one attached hydrogen (secondary N) is 2. The zero-order chi connectivity index (χ0) is 52.3. The van der Waals surface area contributed by atoms with Gasteiger partial charge in [0.25, 0.3) is 0 Å². The van der Waals surface area contributed by atoms with E-state index in [-0.39, 0.29) is 59.8 Å². The topological polar surface area (TPSA) is 248 Å². The molecule has 2 aromatic carbocycles. The third-order valence-electron chi connectivity index (χ3n) is 12.3. The highest BCUT2D eigenvalue weighted by Gasteiger charge is 2.43. The Morgan fingerprint density at radius 2 is 1.03 bits per heavy atom. The van der Waals surface area contributed by atoms with E-state index >= 15 is 0 Å². The molecule has 10 rings (SSSR count). The second-order valence-electron chi connectivity index (χ2n) is 17.4. The molecular weight excluding hydrogens is 987 g/mol. The lowest BCUT2D eigenvalue weighted by Crippen LogP contribution is -2.48. The smallest absolute Gasteiger partial charge is 0.416 e. The van der Waals surface area contributed by atoms with Crippen LogP contribution >= 0.6 is 0 Å². The van der Waals surface area contributed by atoms with Crippen LogP contribution in [0.25, 0.3) is 22.8 Å². The van der Waals surface area contributed by atoms with Gasteiger partial charge in [0.15, 0.2) is 23.3 Å². The summed E-state index contributed by atoms with van der Waals surface area (Å²) in [5, 5.41) is 42.0. The average molecular weight is 1030 g/mol. The van der Waals surface area contributed by atoms with Gasteiger partial charge in [-0.15, -0.1) is 0 Å². The van der Waals surface area contributed by atoms with Crippen LogP contribution < -0.4 is 39.7 Å². The van der Waals surface area contributed by atoms with Gasteiger partial charge in [-0.3, -0.25) is 9.80 Å². The van der Waals surface area contributed by atoms with E-state index in [9.17, 15) is 46.1 Å². The van der Waals surface area contributed by atoms with Crippen LogP contribution in [0, 0.1) is 0 Å². The van der Waals surface area contributed by atoms with E-state index in [1.807, 2.05) is 9.80 Å². The van der Waals surface area contributed by atoms with Crippen molar-refractivity contribution in [3.63, 3.8) is 0 Å². The third-order valence-corrected chi connectivity index (χ3v) is 12.3. The fourth-order valence-electron chi connectivity index (χ4n) is 8.61. The lowest BCUT2D eigenvalue weighted by atomic mass is 10.1. The van der Waals surface area contributed by atoms with Crippen LogP contribution in [0.15, 0.2) is 97.6 Å². The number of hydrogen-bond donors (Lipinski definition) is 6. The molecule has 6 N–H and O–H groups in total. The van der Waals surface area contributed by atoms with Crippen molar-refractivity contribution >= 4 is 46.4 Å². The number of rotatable bonds is 12. The van der Waals surface area contributed by atoms with Crippen molar-refractivity contribution in [1.82, 2.24) is 29.9 Å². The minimum absolute atomic E-state index is 0.0818. The van der Waals surface area contributed by atoms with Crippen molar-refractivity contribution in [2.75, 3.05) is 82.8 Å². The predicted octanol–water partition coefficient (Wildman–Crippen LogP) is 5.84. The predicted molar refractivity (Wildman–Crippen MR) is 255 cm³/mol. The number of carbonyl (C=O) groups excluding carboxylic acids is 2. The number of aliphatic hydroxyl groups is 4. The fraction of sp³-hybridized carbons (Fsp3) is 0.333. The molecule has 20 nitrogen and oxygen atoms in total. The van der Waals surface area contributed by atoms with Crippen molar-refractivity contribution in [3.05, 3.63) is 109 Å². The second kappa shape index (κ2) is 21.3. The lowest BCUT2D eigenvalue weighted by molar-refractivity contribution is -0.138. The monoisotopic (exact) mass is 1030 g/mol. The Morgan fingerprint density at radius 1 is 0.608 bits per heavy atom. The molecule has 4 aliphatic heterocycles. The van der Waals surface area contributed by atoms with E-state index < -0.39 is 61.0 Å². The SMILES string of the molecule is O=C(Nc1ccc(OC[C@@H](O)CO)nc1)N1c2nc(-c3cccc(C(F)(F)F)c3)ncc2N2CC[C@H]1C2.O=C(Nc1ccc(OC[C@H](O)CO)nc1)N1c2nc(-c3cccc(C(F)(F)F)c3)ncc2N2CC[C@H]1C2. The first-order chi connectivity index (χ1) is 35.4. The highest BCUT2D eigenvalue weighted by atomic mass is 19.4. The molecule has 26 heteroatoms. The Labute approximate surface area is 416 Å². The van der Waals surface area contributed by atoms with Crippen LogP contribution in [-0.2, 0) is 12.4 Å². The van der Waals surface area contributed by atoms with E-state index in [4.69, 9.17) is 19.7 Å². The number of hydrogen-bond acceptors (Lipinski definition) is 16. The number of aliphatic hydroxyl groups excluding tert-OH is 4. The molecule has 388 valence electrons. The largest absolute Gasteiger partial charge is 0.475 e. The van der Waals surface area contributed by atoms with Gasteiger partial charge in [0.05, 0.1) is 84.0 Å². The maximum atomic E-state index is 13.4. The number of anilines is 6. The van der Waals surface area contributed by atoms with Gasteiger partial charge in [-0.2, -0.15) is 26.3 Å². The van der Waals surface area contributed by atoms with Gasteiger partial charge in [-0.1, -0.05) is 24.3 Å². The summed E-state index contributed by atoms with van der Waals surface area (Å²) < 4.78 is 89.9. The lowest BCUT2D eigenvalue weighted by Gasteiger charge is -2.35. The van der Waals surface area contributed by atoms with Crippen molar-refractivity contribution in [3.8, 4) is 34.5 Å². The van der Waals surface area contributed by atoms with E-state index in [1.165, 1.54) is 71.0 Å². The van der Waals surface area contributed by atoms with Crippen LogP contribution in [0.4, 0.5) is 70.3 Å². The summed E-state index contributed by atoms with van der Waals surface area (Å²) in [5.41, 5.74) is 0.788. The highest BCUT2D eigenvalue weighted by molar-refractivity contribution is 6.05. The first-order valence-corrected chi connectivity index (χ1v) is 23.0. The van der Waals surface area contributed by atoms with Crippen LogP contribution in [-0.4, -0.2) is 139 Å². The maximum Gasteiger partial charge on any atom is 0.416 e. The van der Waals surface area contributed by atoms with Gasteiger partial charge in [-0.05, 0) is 49.2 Å². The van der Waals surface area contributed by atoms with Crippen molar-refractivity contribution in [1.29, 1.82) is 0 Å². The summed E-state index contributed by atoms with van der Waals surface area (Å²) in [6, 6.07) is 14.4. The molecule has 0 spiro atoms. The molecule has 0 saturated carbocycles. The molecule has 4 aromatic heterocycles. The summed E-state index contributed by atoms with van der Waals surface area (Å²) in [5.74, 6) is 1.22. The fourth-order valence-corrected chi connectivity index (χ4v) is 8.61. The number of benzene rings is 2. The first kappa shape index (κ1) is 51.0. The number of amides is 4. The van der Waals surface area contributed by atoms with Gasteiger partial charge < -0.3 is 50.3 Å². The Bertz CT molecular complexity index is 2780. The zero-order valence-electron chi connectivity index (χ0n) is 38.8. The molecule has 4 bridgehead atoms. The number of halogens is 6. The molecule has 4 aliphatic rings. The van der Waals surface area contributed by atoms with E-state index in [1.54, 1.807) is 12.1 Å². The normalized spacial score (nSPS) is 17.4. The molecule has 6 aromatic rings. The van der Waals surface area contributed by atoms with Gasteiger partial charge in [-0.25, -0.2) is 39.5 Å². The molecular formula is C48H46F6N12O8. The molecule has 2 saturated heterocycles. The van der Waals surface area contributed by atoms with E-state index in [0.29, 0.717) is 73.4 Å². The number of aromatic nitrogens is 6. The third kappa shape index (κ3) is 11.3. The van der Waals surface area contributed by atoms with Crippen molar-refractivity contribution < 1.29 is 65.8 Å². The molecule has 4 atom stereocenters. The van der Waals surface area contributed by atoms with E-state index in [2.05, 4.69) is 40.5 Å². The molecule has 74 heavy (non-hydrogen) atoms. The molecule has 8 heterocycles. The highest BCUT2D eigenvalue weighted by Crippen LogP contribution is 2.42. The summed E-state index contributed by atoms with van der Waals surface area (Å²) in [7, 11) is 0. The molecule has 0 unspecified atom stereocenters. The Morgan fingerprint density at radius 3 is 1.39 bits per heavy atom. The number of urea groups is 2. The number of nitrogens with zero attached hydrogens (tertiary/aromatic N) is 10. The summed E-state index contributed by atoms with van der Waals surface area (Å²) in [6.45, 7) is 1.42. The molecule has 2 fully saturated rings. The minimum atomic E-state index is -4.51. The number of ether oxygens (including phenoxy) is 2. The van der Waals surface area contributed by atoms with E-state index in [0.717, 1.165) is 24.3 Å². The van der Waals surface area contributed by atoms with Crippen LogP contribution in [0.2, 0.25) is 0 Å². The van der Waals surface area contributed by atoms with Crippen molar-refractivity contribution in [2.45, 2.75) is 49.5 Å². The number of carbonyl (C=O) groups is 2. The maximum absolute atomic E-state index is 13.4. The van der Waals surface area contributed by atoms with Gasteiger partial charge in [0, 0.05) is 49.4 Å². The number of pyridine rings is 2. The molecule has 0 aliphatic carbocycles. The van der Waals surface area contributed by atoms with Crippen LogP contribution in [0.1, 0.15) is 24.0 Å². The summed E-state index contributed by atoms with van der Waals surface area (Å²) in [4.78, 5) is 59.6. The Balaban J connectivity index is 0.000000182. The minimum Gasteiger partial charge on any atom is -0.475 e. The number of fused-ring (bicyclic) bond motifs is 8. The van der Waals surface area contributed by atoms with Crippen molar-refractivity contribution in [2.24, 2.45) is 0 Å². The van der Waals surface area contributed by atoms with Gasteiger partial charge in [0.2, 0.25) is 11.8 Å².